The van der Waals surface area contributed by atoms with E-state index in [1.165, 1.54) is 6.08 Å². The summed E-state index contributed by atoms with van der Waals surface area (Å²) in [5, 5.41) is 0. The lowest BCUT2D eigenvalue weighted by atomic mass is 10.1. The predicted octanol–water partition coefficient (Wildman–Crippen LogP) is 1.27. The average Bonchev–Trinajstić information content (AvgIpc) is 1.88. The van der Waals surface area contributed by atoms with E-state index in [4.69, 9.17) is 4.74 Å². The van der Waals surface area contributed by atoms with Gasteiger partial charge in [0, 0.05) is 12.5 Å². The summed E-state index contributed by atoms with van der Waals surface area (Å²) in [5.74, 6) is -0.201. The Morgan fingerprint density at radius 3 is 3.11 bits per heavy atom. The normalized spacial score (nSPS) is 25.9. The van der Waals surface area contributed by atoms with Crippen LogP contribution in [-0.2, 0) is 9.53 Å². The molecule has 0 saturated heterocycles. The lowest BCUT2D eigenvalue weighted by Gasteiger charge is -2.15. The molecule has 1 aliphatic heterocycles. The molecule has 0 amide bonds. The molecular weight excluding hydrogens is 116 g/mol. The molecule has 2 nitrogen and oxygen atoms in total. The highest BCUT2D eigenvalue weighted by Gasteiger charge is 2.12. The maximum absolute atomic E-state index is 10.5. The van der Waals surface area contributed by atoms with Gasteiger partial charge in [0.05, 0.1) is 0 Å². The molecule has 0 aromatic rings. The summed E-state index contributed by atoms with van der Waals surface area (Å²) < 4.78 is 4.91. The zero-order valence-electron chi connectivity index (χ0n) is 5.46. The van der Waals surface area contributed by atoms with Crippen LogP contribution in [0.25, 0.3) is 0 Å². The van der Waals surface area contributed by atoms with Gasteiger partial charge in [0.25, 0.3) is 0 Å². The first-order chi connectivity index (χ1) is 4.33. The van der Waals surface area contributed by atoms with Crippen molar-refractivity contribution in [1.82, 2.24) is 0 Å². The SMILES string of the molecule is CCC1CC=CC(=O)O1. The molecule has 0 saturated carbocycles. The summed E-state index contributed by atoms with van der Waals surface area (Å²) in [6, 6.07) is 0. The zero-order chi connectivity index (χ0) is 6.69. The van der Waals surface area contributed by atoms with Gasteiger partial charge < -0.3 is 4.74 Å². The maximum atomic E-state index is 10.5. The van der Waals surface area contributed by atoms with Crippen molar-refractivity contribution >= 4 is 5.97 Å². The van der Waals surface area contributed by atoms with E-state index in [0.29, 0.717) is 0 Å². The first-order valence-electron chi connectivity index (χ1n) is 3.20. The van der Waals surface area contributed by atoms with E-state index in [0.717, 1.165) is 12.8 Å². The highest BCUT2D eigenvalue weighted by Crippen LogP contribution is 2.09. The molecule has 1 unspecified atom stereocenters. The number of esters is 1. The molecule has 0 aromatic carbocycles. The second-order valence-electron chi connectivity index (χ2n) is 2.11. The Bertz CT molecular complexity index is 138. The van der Waals surface area contributed by atoms with Crippen molar-refractivity contribution in [2.75, 3.05) is 0 Å². The minimum absolute atomic E-state index is 0.127. The van der Waals surface area contributed by atoms with Crippen molar-refractivity contribution in [2.45, 2.75) is 25.9 Å². The van der Waals surface area contributed by atoms with Gasteiger partial charge in [0.2, 0.25) is 0 Å². The first-order valence-corrected chi connectivity index (χ1v) is 3.20. The van der Waals surface area contributed by atoms with E-state index in [2.05, 4.69) is 0 Å². The van der Waals surface area contributed by atoms with E-state index in [-0.39, 0.29) is 12.1 Å². The van der Waals surface area contributed by atoms with Gasteiger partial charge in [-0.1, -0.05) is 13.0 Å². The molecule has 0 fully saturated rings. The van der Waals surface area contributed by atoms with Crippen molar-refractivity contribution in [2.24, 2.45) is 0 Å². The average molecular weight is 126 g/mol. The molecule has 1 heterocycles. The highest BCUT2D eigenvalue weighted by molar-refractivity contribution is 5.82. The van der Waals surface area contributed by atoms with Crippen molar-refractivity contribution in [3.8, 4) is 0 Å². The fourth-order valence-corrected chi connectivity index (χ4v) is 0.818. The number of cyclic esters (lactones) is 1. The van der Waals surface area contributed by atoms with Crippen LogP contribution in [0.2, 0.25) is 0 Å². The van der Waals surface area contributed by atoms with Gasteiger partial charge in [-0.2, -0.15) is 0 Å². The molecule has 0 aliphatic carbocycles. The molecule has 2 heteroatoms. The topological polar surface area (TPSA) is 26.3 Å². The molecule has 0 N–H and O–H groups in total. The molecule has 0 aromatic heterocycles. The summed E-state index contributed by atoms with van der Waals surface area (Å²) in [5.41, 5.74) is 0. The van der Waals surface area contributed by atoms with Crippen LogP contribution in [0.3, 0.4) is 0 Å². The van der Waals surface area contributed by atoms with Crippen LogP contribution in [0.5, 0.6) is 0 Å². The van der Waals surface area contributed by atoms with Gasteiger partial charge in [0.1, 0.15) is 6.10 Å². The highest BCUT2D eigenvalue weighted by atomic mass is 16.5. The molecule has 1 rings (SSSR count). The second-order valence-corrected chi connectivity index (χ2v) is 2.11. The number of hydrogen-bond donors (Lipinski definition) is 0. The molecule has 9 heavy (non-hydrogen) atoms. The van der Waals surface area contributed by atoms with E-state index < -0.39 is 0 Å². The second kappa shape index (κ2) is 2.67. The zero-order valence-corrected chi connectivity index (χ0v) is 5.46. The Labute approximate surface area is 54.5 Å². The van der Waals surface area contributed by atoms with E-state index in [1.807, 2.05) is 13.0 Å². The molecular formula is C7H10O2. The van der Waals surface area contributed by atoms with Crippen LogP contribution in [0, 0.1) is 0 Å². The third-order valence-corrected chi connectivity index (χ3v) is 1.39. The Kier molecular flexibility index (Phi) is 1.88. The van der Waals surface area contributed by atoms with Crippen LogP contribution in [0.15, 0.2) is 12.2 Å². The van der Waals surface area contributed by atoms with Gasteiger partial charge >= 0.3 is 5.97 Å². The summed E-state index contributed by atoms with van der Waals surface area (Å²) >= 11 is 0. The number of carbonyl (C=O) groups is 1. The number of hydrogen-bond acceptors (Lipinski definition) is 2. The fourth-order valence-electron chi connectivity index (χ4n) is 0.818. The monoisotopic (exact) mass is 126 g/mol. The van der Waals surface area contributed by atoms with Gasteiger partial charge in [-0.3, -0.25) is 0 Å². The summed E-state index contributed by atoms with van der Waals surface area (Å²) in [7, 11) is 0. The standard InChI is InChI=1S/C7H10O2/c1-2-6-4-3-5-7(8)9-6/h3,5-6H,2,4H2,1H3. The van der Waals surface area contributed by atoms with E-state index in [1.54, 1.807) is 0 Å². The molecule has 0 spiro atoms. The van der Waals surface area contributed by atoms with Crippen LogP contribution in [0.4, 0.5) is 0 Å². The van der Waals surface area contributed by atoms with Crippen molar-refractivity contribution < 1.29 is 9.53 Å². The Morgan fingerprint density at radius 2 is 2.67 bits per heavy atom. The minimum Gasteiger partial charge on any atom is -0.459 e. The first kappa shape index (κ1) is 6.33. The minimum atomic E-state index is -0.201. The van der Waals surface area contributed by atoms with Crippen LogP contribution >= 0.6 is 0 Å². The Hall–Kier alpha value is -0.790. The molecule has 0 bridgehead atoms. The van der Waals surface area contributed by atoms with Crippen LogP contribution < -0.4 is 0 Å². The third-order valence-electron chi connectivity index (χ3n) is 1.39. The van der Waals surface area contributed by atoms with Crippen molar-refractivity contribution in [3.63, 3.8) is 0 Å². The quantitative estimate of drug-likeness (QED) is 0.494. The number of rotatable bonds is 1. The third kappa shape index (κ3) is 1.56. The van der Waals surface area contributed by atoms with Crippen molar-refractivity contribution in [3.05, 3.63) is 12.2 Å². The van der Waals surface area contributed by atoms with Crippen molar-refractivity contribution in [1.29, 1.82) is 0 Å². The molecule has 0 radical (unpaired) electrons. The fraction of sp³-hybridized carbons (Fsp3) is 0.571. The Morgan fingerprint density at radius 1 is 1.89 bits per heavy atom. The maximum Gasteiger partial charge on any atom is 0.330 e. The lowest BCUT2D eigenvalue weighted by Crippen LogP contribution is -2.18. The Balaban J connectivity index is 2.47. The largest absolute Gasteiger partial charge is 0.459 e. The van der Waals surface area contributed by atoms with Gasteiger partial charge in [0.15, 0.2) is 0 Å². The number of ether oxygens (including phenoxy) is 1. The van der Waals surface area contributed by atoms with E-state index >= 15 is 0 Å². The molecule has 1 atom stereocenters. The number of carbonyl (C=O) groups excluding carboxylic acids is 1. The van der Waals surface area contributed by atoms with Crippen LogP contribution in [0.1, 0.15) is 19.8 Å². The van der Waals surface area contributed by atoms with Gasteiger partial charge in [-0.05, 0) is 6.42 Å². The van der Waals surface area contributed by atoms with Gasteiger partial charge in [-0.15, -0.1) is 0 Å². The summed E-state index contributed by atoms with van der Waals surface area (Å²) in [6.07, 6.45) is 5.26. The summed E-state index contributed by atoms with van der Waals surface area (Å²) in [4.78, 5) is 10.5. The van der Waals surface area contributed by atoms with E-state index in [9.17, 15) is 4.79 Å². The predicted molar refractivity (Wildman–Crippen MR) is 33.9 cm³/mol. The summed E-state index contributed by atoms with van der Waals surface area (Å²) in [6.45, 7) is 2.01. The lowest BCUT2D eigenvalue weighted by molar-refractivity contribution is -0.144. The van der Waals surface area contributed by atoms with Gasteiger partial charge in [-0.25, -0.2) is 4.79 Å². The molecule has 50 valence electrons. The smallest absolute Gasteiger partial charge is 0.330 e. The molecule has 1 aliphatic rings. The van der Waals surface area contributed by atoms with Crippen LogP contribution in [-0.4, -0.2) is 12.1 Å².